The Morgan fingerprint density at radius 2 is 2.08 bits per heavy atom. The average Bonchev–Trinajstić information content (AvgIpc) is 3.18. The van der Waals surface area contributed by atoms with E-state index in [1.165, 1.54) is 0 Å². The molecule has 3 aromatic rings. The molecule has 3 aromatic heterocycles. The molecule has 4 heterocycles. The topological polar surface area (TPSA) is 87.2 Å². The first kappa shape index (κ1) is 14.3. The van der Waals surface area contributed by atoms with E-state index in [1.807, 2.05) is 25.3 Å². The number of hydrogen-bond acceptors (Lipinski definition) is 5. The van der Waals surface area contributed by atoms with E-state index in [0.717, 1.165) is 22.3 Å². The molecule has 4 rings (SSSR count). The van der Waals surface area contributed by atoms with Crippen molar-refractivity contribution in [3.8, 4) is 17.2 Å². The molecule has 0 aromatic carbocycles. The van der Waals surface area contributed by atoms with E-state index in [4.69, 9.17) is 5.26 Å². The first-order valence-electron chi connectivity index (χ1n) is 7.65. The van der Waals surface area contributed by atoms with Crippen LogP contribution < -0.4 is 4.90 Å². The normalized spacial score (nSPS) is 17.4. The van der Waals surface area contributed by atoms with E-state index < -0.39 is 5.92 Å². The third-order valence-electron chi connectivity index (χ3n) is 4.25. The summed E-state index contributed by atoms with van der Waals surface area (Å²) in [5, 5.41) is 13.4. The third kappa shape index (κ3) is 2.20. The molecule has 0 saturated carbocycles. The number of carbonyl (C=O) groups excluding carboxylic acids is 1. The van der Waals surface area contributed by atoms with Gasteiger partial charge in [-0.25, -0.2) is 14.5 Å². The number of nitriles is 1. The first-order valence-corrected chi connectivity index (χ1v) is 7.65. The molecule has 0 N–H and O–H groups in total. The van der Waals surface area contributed by atoms with Crippen LogP contribution in [-0.2, 0) is 4.79 Å². The minimum atomic E-state index is -0.557. The minimum absolute atomic E-state index is 0.146. The molecule has 7 heteroatoms. The van der Waals surface area contributed by atoms with Crippen LogP contribution in [0.5, 0.6) is 0 Å². The summed E-state index contributed by atoms with van der Waals surface area (Å²) in [6, 6.07) is 5.84. The third-order valence-corrected chi connectivity index (χ3v) is 4.25. The van der Waals surface area contributed by atoms with Gasteiger partial charge in [-0.1, -0.05) is 0 Å². The summed E-state index contributed by atoms with van der Waals surface area (Å²) in [4.78, 5) is 22.5. The van der Waals surface area contributed by atoms with Crippen LogP contribution in [0, 0.1) is 24.2 Å². The number of nitrogens with zero attached hydrogens (tertiary/aromatic N) is 6. The predicted octanol–water partition coefficient (Wildman–Crippen LogP) is 1.98. The highest BCUT2D eigenvalue weighted by Crippen LogP contribution is 2.31. The lowest BCUT2D eigenvalue weighted by atomic mass is 10.1. The molecule has 24 heavy (non-hydrogen) atoms. The van der Waals surface area contributed by atoms with Crippen molar-refractivity contribution in [1.29, 1.82) is 5.26 Å². The molecule has 0 aliphatic carbocycles. The zero-order chi connectivity index (χ0) is 16.7. The predicted molar refractivity (Wildman–Crippen MR) is 87.0 cm³/mol. The van der Waals surface area contributed by atoms with Crippen LogP contribution in [0.2, 0.25) is 0 Å². The van der Waals surface area contributed by atoms with Crippen LogP contribution in [-0.4, -0.2) is 32.0 Å². The molecule has 1 amide bonds. The summed E-state index contributed by atoms with van der Waals surface area (Å²) < 4.78 is 1.73. The van der Waals surface area contributed by atoms with Crippen molar-refractivity contribution in [2.75, 3.05) is 11.4 Å². The molecular weight excluding hydrogens is 304 g/mol. The lowest BCUT2D eigenvalue weighted by molar-refractivity contribution is -0.118. The van der Waals surface area contributed by atoms with Gasteiger partial charge in [0.1, 0.15) is 11.7 Å². The molecule has 1 unspecified atom stereocenters. The molecule has 1 atom stereocenters. The fraction of sp³-hybridized carbons (Fsp3) is 0.235. The molecule has 0 spiro atoms. The van der Waals surface area contributed by atoms with E-state index >= 15 is 0 Å². The van der Waals surface area contributed by atoms with E-state index in [0.29, 0.717) is 18.8 Å². The molecular formula is C17H14N6O. The monoisotopic (exact) mass is 318 g/mol. The van der Waals surface area contributed by atoms with Crippen molar-refractivity contribution in [2.45, 2.75) is 13.3 Å². The molecule has 118 valence electrons. The Balaban J connectivity index is 1.80. The Morgan fingerprint density at radius 1 is 1.29 bits per heavy atom. The maximum atomic E-state index is 12.3. The number of aryl methyl sites for hydroxylation is 1. The van der Waals surface area contributed by atoms with Crippen LogP contribution in [0.3, 0.4) is 0 Å². The highest BCUT2D eigenvalue weighted by molar-refractivity contribution is 6.02. The van der Waals surface area contributed by atoms with Gasteiger partial charge in [0.05, 0.1) is 17.3 Å². The van der Waals surface area contributed by atoms with E-state index in [9.17, 15) is 4.79 Å². The Hall–Kier alpha value is -3.27. The summed E-state index contributed by atoms with van der Waals surface area (Å²) in [5.41, 5.74) is 3.41. The largest absolute Gasteiger partial charge is 0.309 e. The van der Waals surface area contributed by atoms with Gasteiger partial charge in [0.15, 0.2) is 0 Å². The Bertz CT molecular complexity index is 969. The van der Waals surface area contributed by atoms with Gasteiger partial charge in [0, 0.05) is 42.5 Å². The maximum Gasteiger partial charge on any atom is 0.244 e. The SMILES string of the molecule is Cc1ncc(-c2cc3c(N4CCC(C#N)C4=O)ccnn3c2)cn1. The van der Waals surface area contributed by atoms with E-state index in [2.05, 4.69) is 21.1 Å². The van der Waals surface area contributed by atoms with Gasteiger partial charge in [-0.2, -0.15) is 10.4 Å². The second kappa shape index (κ2) is 5.42. The zero-order valence-electron chi connectivity index (χ0n) is 13.0. The van der Waals surface area contributed by atoms with Gasteiger partial charge in [0.25, 0.3) is 0 Å². The fourth-order valence-corrected chi connectivity index (χ4v) is 2.97. The quantitative estimate of drug-likeness (QED) is 0.721. The summed E-state index contributed by atoms with van der Waals surface area (Å²) in [7, 11) is 0. The van der Waals surface area contributed by atoms with Crippen LogP contribution in [0.4, 0.5) is 5.69 Å². The maximum absolute atomic E-state index is 12.3. The number of rotatable bonds is 2. The second-order valence-electron chi connectivity index (χ2n) is 5.75. The molecule has 0 bridgehead atoms. The van der Waals surface area contributed by atoms with Crippen LogP contribution >= 0.6 is 0 Å². The van der Waals surface area contributed by atoms with Gasteiger partial charge in [0.2, 0.25) is 5.91 Å². The number of fused-ring (bicyclic) bond motifs is 1. The van der Waals surface area contributed by atoms with Gasteiger partial charge < -0.3 is 4.90 Å². The van der Waals surface area contributed by atoms with Gasteiger partial charge in [-0.15, -0.1) is 0 Å². The van der Waals surface area contributed by atoms with Crippen LogP contribution in [0.15, 0.2) is 36.9 Å². The van der Waals surface area contributed by atoms with Gasteiger partial charge in [-0.05, 0) is 25.5 Å². The fourth-order valence-electron chi connectivity index (χ4n) is 2.97. The molecule has 1 saturated heterocycles. The van der Waals surface area contributed by atoms with E-state index in [1.54, 1.807) is 28.0 Å². The highest BCUT2D eigenvalue weighted by Gasteiger charge is 2.33. The molecule has 1 aliphatic rings. The van der Waals surface area contributed by atoms with Gasteiger partial charge in [-0.3, -0.25) is 4.79 Å². The summed E-state index contributed by atoms with van der Waals surface area (Å²) >= 11 is 0. The van der Waals surface area contributed by atoms with Crippen molar-refractivity contribution in [3.63, 3.8) is 0 Å². The van der Waals surface area contributed by atoms with E-state index in [-0.39, 0.29) is 5.91 Å². The lowest BCUT2D eigenvalue weighted by Gasteiger charge is -2.16. The summed E-state index contributed by atoms with van der Waals surface area (Å²) in [6.07, 6.45) is 7.64. The van der Waals surface area contributed by atoms with Gasteiger partial charge >= 0.3 is 0 Å². The second-order valence-corrected chi connectivity index (χ2v) is 5.75. The lowest BCUT2D eigenvalue weighted by Crippen LogP contribution is -2.27. The first-order chi connectivity index (χ1) is 11.7. The number of carbonyl (C=O) groups is 1. The number of aromatic nitrogens is 4. The zero-order valence-corrected chi connectivity index (χ0v) is 13.0. The summed E-state index contributed by atoms with van der Waals surface area (Å²) in [5.74, 6) is 0.0108. The van der Waals surface area contributed by atoms with Crippen molar-refractivity contribution >= 4 is 17.1 Å². The van der Waals surface area contributed by atoms with Crippen molar-refractivity contribution in [3.05, 3.63) is 42.7 Å². The number of anilines is 1. The highest BCUT2D eigenvalue weighted by atomic mass is 16.2. The Labute approximate surface area is 138 Å². The van der Waals surface area contributed by atoms with Crippen molar-refractivity contribution in [1.82, 2.24) is 19.6 Å². The number of amides is 1. The van der Waals surface area contributed by atoms with Crippen molar-refractivity contribution < 1.29 is 4.79 Å². The molecule has 7 nitrogen and oxygen atoms in total. The van der Waals surface area contributed by atoms with Crippen LogP contribution in [0.25, 0.3) is 16.6 Å². The Kier molecular flexibility index (Phi) is 3.24. The van der Waals surface area contributed by atoms with Crippen molar-refractivity contribution in [2.24, 2.45) is 5.92 Å². The molecule has 1 fully saturated rings. The van der Waals surface area contributed by atoms with Crippen LogP contribution in [0.1, 0.15) is 12.2 Å². The number of hydrogen-bond donors (Lipinski definition) is 0. The molecule has 0 radical (unpaired) electrons. The minimum Gasteiger partial charge on any atom is -0.309 e. The Morgan fingerprint density at radius 3 is 2.79 bits per heavy atom. The molecule has 1 aliphatic heterocycles. The standard InChI is InChI=1S/C17H14N6O/c1-11-19-8-14(9-20-11)13-6-16-15(2-4-21-23(16)10-13)22-5-3-12(7-18)17(22)24/h2,4,6,8-10,12H,3,5H2,1H3. The average molecular weight is 318 g/mol. The summed E-state index contributed by atoms with van der Waals surface area (Å²) in [6.45, 7) is 2.38. The smallest absolute Gasteiger partial charge is 0.244 e.